The summed E-state index contributed by atoms with van der Waals surface area (Å²) in [5.41, 5.74) is 2.52. The highest BCUT2D eigenvalue weighted by molar-refractivity contribution is 5.92. The van der Waals surface area contributed by atoms with Gasteiger partial charge in [-0.05, 0) is 18.6 Å². The molecular weight excluding hydrogens is 190 g/mol. The van der Waals surface area contributed by atoms with Crippen LogP contribution in [0.15, 0.2) is 24.7 Å². The first-order chi connectivity index (χ1) is 7.18. The van der Waals surface area contributed by atoms with Crippen LogP contribution in [-0.4, -0.2) is 20.7 Å². The predicted molar refractivity (Wildman–Crippen MR) is 56.6 cm³/mol. The van der Waals surface area contributed by atoms with Gasteiger partial charge in [-0.3, -0.25) is 9.78 Å². The second kappa shape index (κ2) is 3.65. The third kappa shape index (κ3) is 1.79. The summed E-state index contributed by atoms with van der Waals surface area (Å²) in [5, 5.41) is 0. The highest BCUT2D eigenvalue weighted by Gasteiger charge is 2.08. The number of Topliss-reactive ketones (excluding diaryl/α,β-unsaturated/α-hetero) is 1. The molecule has 0 aliphatic rings. The number of H-pyrrole nitrogens is 1. The van der Waals surface area contributed by atoms with Crippen molar-refractivity contribution in [3.8, 4) is 11.4 Å². The van der Waals surface area contributed by atoms with E-state index in [0.29, 0.717) is 11.5 Å². The minimum absolute atomic E-state index is 0.0182. The summed E-state index contributed by atoms with van der Waals surface area (Å²) in [7, 11) is 0. The number of hydrogen-bond donors (Lipinski definition) is 1. The van der Waals surface area contributed by atoms with Crippen LogP contribution < -0.4 is 0 Å². The highest BCUT2D eigenvalue weighted by Crippen LogP contribution is 2.18. The molecule has 2 aromatic rings. The Bertz CT molecular complexity index is 502. The molecule has 0 radical (unpaired) electrons. The topological polar surface area (TPSA) is 58.6 Å². The molecule has 0 aliphatic heterocycles. The van der Waals surface area contributed by atoms with Crippen LogP contribution in [0.2, 0.25) is 0 Å². The van der Waals surface area contributed by atoms with Gasteiger partial charge in [-0.15, -0.1) is 0 Å². The van der Waals surface area contributed by atoms with Crippen molar-refractivity contribution in [2.45, 2.75) is 13.8 Å². The molecule has 4 heteroatoms. The van der Waals surface area contributed by atoms with Gasteiger partial charge in [0.15, 0.2) is 5.78 Å². The number of rotatable bonds is 2. The molecule has 76 valence electrons. The number of hydrogen-bond acceptors (Lipinski definition) is 3. The lowest BCUT2D eigenvalue weighted by atomic mass is 10.1. The summed E-state index contributed by atoms with van der Waals surface area (Å²) in [6.07, 6.45) is 5.01. The van der Waals surface area contributed by atoms with E-state index >= 15 is 0 Å². The Kier molecular flexibility index (Phi) is 2.33. The molecule has 2 heterocycles. The van der Waals surface area contributed by atoms with Crippen LogP contribution >= 0.6 is 0 Å². The van der Waals surface area contributed by atoms with E-state index in [1.807, 2.05) is 13.0 Å². The lowest BCUT2D eigenvalue weighted by Crippen LogP contribution is -1.92. The van der Waals surface area contributed by atoms with E-state index in [-0.39, 0.29) is 5.78 Å². The second-order valence-corrected chi connectivity index (χ2v) is 3.39. The van der Waals surface area contributed by atoms with Crippen LogP contribution in [0.3, 0.4) is 0 Å². The molecule has 0 atom stereocenters. The van der Waals surface area contributed by atoms with Crippen molar-refractivity contribution >= 4 is 5.78 Å². The number of ketones is 1. The Hall–Kier alpha value is -1.97. The fourth-order valence-electron chi connectivity index (χ4n) is 1.35. The van der Waals surface area contributed by atoms with Crippen LogP contribution in [0.1, 0.15) is 23.0 Å². The van der Waals surface area contributed by atoms with Gasteiger partial charge < -0.3 is 4.98 Å². The van der Waals surface area contributed by atoms with E-state index in [1.54, 1.807) is 18.6 Å². The summed E-state index contributed by atoms with van der Waals surface area (Å²) in [4.78, 5) is 22.2. The van der Waals surface area contributed by atoms with Gasteiger partial charge in [-0.2, -0.15) is 0 Å². The maximum absolute atomic E-state index is 11.1. The van der Waals surface area contributed by atoms with Gasteiger partial charge in [-0.25, -0.2) is 4.98 Å². The first kappa shape index (κ1) is 9.58. The predicted octanol–water partition coefficient (Wildman–Crippen LogP) is 1.98. The monoisotopic (exact) mass is 201 g/mol. The number of aromatic amines is 1. The Balaban J connectivity index is 2.46. The van der Waals surface area contributed by atoms with E-state index in [2.05, 4.69) is 15.0 Å². The van der Waals surface area contributed by atoms with Gasteiger partial charge in [0.1, 0.15) is 11.5 Å². The average molecular weight is 201 g/mol. The first-order valence-corrected chi connectivity index (χ1v) is 4.65. The van der Waals surface area contributed by atoms with Crippen LogP contribution in [0.25, 0.3) is 11.4 Å². The van der Waals surface area contributed by atoms with Crippen LogP contribution in [0.4, 0.5) is 0 Å². The molecule has 2 rings (SSSR count). The zero-order valence-corrected chi connectivity index (χ0v) is 8.61. The average Bonchev–Trinajstić information content (AvgIpc) is 2.67. The molecule has 0 saturated heterocycles. The minimum Gasteiger partial charge on any atom is -0.336 e. The smallest absolute Gasteiger partial charge is 0.177 e. The zero-order valence-electron chi connectivity index (χ0n) is 8.61. The number of aromatic nitrogens is 3. The molecule has 0 fully saturated rings. The third-order valence-corrected chi connectivity index (χ3v) is 2.25. The zero-order chi connectivity index (χ0) is 10.8. The number of pyridine rings is 1. The van der Waals surface area contributed by atoms with Crippen LogP contribution in [0, 0.1) is 6.92 Å². The summed E-state index contributed by atoms with van der Waals surface area (Å²) < 4.78 is 0. The number of nitrogens with zero attached hydrogens (tertiary/aromatic N) is 2. The molecule has 0 amide bonds. The number of carbonyl (C=O) groups is 1. The number of nitrogens with one attached hydrogen (secondary N) is 1. The summed E-state index contributed by atoms with van der Waals surface area (Å²) in [5.74, 6) is 0.668. The van der Waals surface area contributed by atoms with Gasteiger partial charge in [-0.1, -0.05) is 0 Å². The molecule has 0 aromatic carbocycles. The molecule has 0 saturated carbocycles. The Morgan fingerprint density at radius 1 is 1.40 bits per heavy atom. The lowest BCUT2D eigenvalue weighted by molar-refractivity contribution is 0.101. The van der Waals surface area contributed by atoms with E-state index < -0.39 is 0 Å². The molecule has 4 nitrogen and oxygen atoms in total. The lowest BCUT2D eigenvalue weighted by Gasteiger charge is -1.99. The molecule has 0 unspecified atom stereocenters. The fraction of sp³-hybridized carbons (Fsp3) is 0.182. The van der Waals surface area contributed by atoms with Crippen molar-refractivity contribution in [2.75, 3.05) is 0 Å². The van der Waals surface area contributed by atoms with Gasteiger partial charge in [0.25, 0.3) is 0 Å². The number of carbonyl (C=O) groups excluding carboxylic acids is 1. The van der Waals surface area contributed by atoms with Crippen molar-refractivity contribution in [1.82, 2.24) is 15.0 Å². The van der Waals surface area contributed by atoms with E-state index in [4.69, 9.17) is 0 Å². The first-order valence-electron chi connectivity index (χ1n) is 4.65. The second-order valence-electron chi connectivity index (χ2n) is 3.39. The fourth-order valence-corrected chi connectivity index (χ4v) is 1.35. The normalized spacial score (nSPS) is 10.3. The molecule has 1 N–H and O–H groups in total. The van der Waals surface area contributed by atoms with E-state index in [1.165, 1.54) is 6.92 Å². The highest BCUT2D eigenvalue weighted by atomic mass is 16.1. The Morgan fingerprint density at radius 3 is 2.80 bits per heavy atom. The molecule has 0 bridgehead atoms. The molecule has 15 heavy (non-hydrogen) atoms. The van der Waals surface area contributed by atoms with Crippen molar-refractivity contribution < 1.29 is 4.79 Å². The van der Waals surface area contributed by atoms with Gasteiger partial charge in [0.2, 0.25) is 0 Å². The maximum atomic E-state index is 11.1. The van der Waals surface area contributed by atoms with Gasteiger partial charge >= 0.3 is 0 Å². The largest absolute Gasteiger partial charge is 0.336 e. The Labute approximate surface area is 87.4 Å². The van der Waals surface area contributed by atoms with Crippen molar-refractivity contribution in [1.29, 1.82) is 0 Å². The molecule has 2 aromatic heterocycles. The van der Waals surface area contributed by atoms with Crippen LogP contribution in [0.5, 0.6) is 0 Å². The SMILES string of the molecule is CC(=O)c1cnc(-c2cnccc2C)[nH]1. The standard InChI is InChI=1S/C11H11N3O/c1-7-3-4-12-5-9(7)11-13-6-10(14-11)8(2)15/h3-6H,1-2H3,(H,13,14). The third-order valence-electron chi connectivity index (χ3n) is 2.25. The summed E-state index contributed by atoms with van der Waals surface area (Å²) in [6, 6.07) is 1.91. The van der Waals surface area contributed by atoms with Gasteiger partial charge in [0.05, 0.1) is 6.20 Å². The van der Waals surface area contributed by atoms with Crippen molar-refractivity contribution in [3.63, 3.8) is 0 Å². The maximum Gasteiger partial charge on any atom is 0.177 e. The summed E-state index contributed by atoms with van der Waals surface area (Å²) in [6.45, 7) is 3.49. The quantitative estimate of drug-likeness (QED) is 0.756. The van der Waals surface area contributed by atoms with E-state index in [0.717, 1.165) is 11.1 Å². The Morgan fingerprint density at radius 2 is 2.20 bits per heavy atom. The number of aryl methyl sites for hydroxylation is 1. The number of imidazole rings is 1. The molecule has 0 spiro atoms. The van der Waals surface area contributed by atoms with Gasteiger partial charge in [0, 0.05) is 24.9 Å². The van der Waals surface area contributed by atoms with E-state index in [9.17, 15) is 4.79 Å². The minimum atomic E-state index is -0.0182. The van der Waals surface area contributed by atoms with Crippen molar-refractivity contribution in [3.05, 3.63) is 35.9 Å². The van der Waals surface area contributed by atoms with Crippen LogP contribution in [-0.2, 0) is 0 Å². The molecular formula is C11H11N3O. The van der Waals surface area contributed by atoms with Crippen molar-refractivity contribution in [2.24, 2.45) is 0 Å². The summed E-state index contributed by atoms with van der Waals surface area (Å²) >= 11 is 0. The molecule has 0 aliphatic carbocycles.